The Morgan fingerprint density at radius 2 is 2.00 bits per heavy atom. The van der Waals surface area contributed by atoms with Crippen molar-refractivity contribution < 1.29 is 23.9 Å². The molecule has 4 amide bonds. The second-order valence-electron chi connectivity index (χ2n) is 8.21. The molecule has 2 heterocycles. The Labute approximate surface area is 206 Å². The summed E-state index contributed by atoms with van der Waals surface area (Å²) in [5.41, 5.74) is 3.20. The number of halogens is 1. The molecule has 10 heteroatoms. The van der Waals surface area contributed by atoms with Crippen LogP contribution in [0, 0.1) is 6.92 Å². The maximum Gasteiger partial charge on any atom is 0.411 e. The number of amides is 4. The number of piperidine rings is 1. The highest BCUT2D eigenvalue weighted by Gasteiger charge is 2.41. The van der Waals surface area contributed by atoms with E-state index in [0.717, 1.165) is 10.5 Å². The van der Waals surface area contributed by atoms with E-state index >= 15 is 0 Å². The van der Waals surface area contributed by atoms with E-state index in [1.807, 2.05) is 6.92 Å². The minimum atomic E-state index is -0.877. The lowest BCUT2D eigenvalue weighted by Gasteiger charge is -2.29. The number of hydrogen-bond acceptors (Lipinski definition) is 6. The molecular formula is C25H23ClN4O5. The van der Waals surface area contributed by atoms with Crippen LogP contribution in [0.5, 0.6) is 0 Å². The number of imide groups is 1. The molecule has 1 atom stereocenters. The monoisotopic (exact) mass is 494 g/mol. The number of carbonyl (C=O) groups excluding carboxylic acids is 4. The summed E-state index contributed by atoms with van der Waals surface area (Å²) < 4.78 is 5.27. The molecule has 0 aliphatic carbocycles. The fourth-order valence-corrected chi connectivity index (χ4v) is 3.93. The molecule has 1 unspecified atom stereocenters. The molecule has 4 rings (SSSR count). The van der Waals surface area contributed by atoms with Crippen molar-refractivity contribution in [3.05, 3.63) is 82.7 Å². The van der Waals surface area contributed by atoms with Gasteiger partial charge in [-0.25, -0.2) is 4.79 Å². The van der Waals surface area contributed by atoms with Gasteiger partial charge in [0.15, 0.2) is 0 Å². The van der Waals surface area contributed by atoms with Crippen LogP contribution in [0.1, 0.15) is 24.0 Å². The molecule has 0 radical (unpaired) electrons. The van der Waals surface area contributed by atoms with E-state index in [4.69, 9.17) is 16.3 Å². The molecule has 2 aliphatic heterocycles. The zero-order chi connectivity index (χ0) is 25.1. The average molecular weight is 495 g/mol. The van der Waals surface area contributed by atoms with Crippen LogP contribution in [0.25, 0.3) is 0 Å². The maximum absolute atomic E-state index is 12.8. The summed E-state index contributed by atoms with van der Waals surface area (Å²) in [5.74, 6) is -1.57. The van der Waals surface area contributed by atoms with Gasteiger partial charge >= 0.3 is 6.09 Å². The molecule has 1 fully saturated rings. The standard InChI is InChI=1S/C25H23ClN4O5/c1-14-6-8-18(11-19(14)26)29-25(34)35-13-16-4-3-5-17(10-16)28-20-12-22(31)30(24(20)33)21-9-7-15(2)27-23(21)32/h3-6,8,10-12,21,28H,2,7,9,13H2,1H3,(H,27,32)(H,29,34). The number of ether oxygens (including phenoxy) is 1. The first-order valence-electron chi connectivity index (χ1n) is 10.8. The molecule has 0 saturated carbocycles. The van der Waals surface area contributed by atoms with Gasteiger partial charge in [-0.1, -0.05) is 36.4 Å². The van der Waals surface area contributed by atoms with Crippen molar-refractivity contribution in [2.45, 2.75) is 32.4 Å². The number of hydrogen-bond donors (Lipinski definition) is 3. The van der Waals surface area contributed by atoms with Gasteiger partial charge in [-0.05, 0) is 55.2 Å². The number of nitrogens with zero attached hydrogens (tertiary/aromatic N) is 1. The van der Waals surface area contributed by atoms with Crippen molar-refractivity contribution >= 4 is 46.8 Å². The smallest absolute Gasteiger partial charge is 0.411 e. The average Bonchev–Trinajstić information content (AvgIpc) is 3.08. The van der Waals surface area contributed by atoms with Gasteiger partial charge in [-0.2, -0.15) is 0 Å². The number of nitrogens with one attached hydrogen (secondary N) is 3. The molecule has 3 N–H and O–H groups in total. The Bertz CT molecular complexity index is 1270. The van der Waals surface area contributed by atoms with Gasteiger partial charge in [0.25, 0.3) is 11.8 Å². The van der Waals surface area contributed by atoms with Crippen LogP contribution in [-0.2, 0) is 25.7 Å². The summed E-state index contributed by atoms with van der Waals surface area (Å²) in [6.07, 6.45) is 1.34. The van der Waals surface area contributed by atoms with E-state index in [1.165, 1.54) is 6.08 Å². The number of anilines is 2. The molecule has 2 aliphatic rings. The highest BCUT2D eigenvalue weighted by molar-refractivity contribution is 6.31. The maximum atomic E-state index is 12.8. The first kappa shape index (κ1) is 24.0. The molecule has 0 spiro atoms. The van der Waals surface area contributed by atoms with Crippen LogP contribution in [0.2, 0.25) is 5.02 Å². The topological polar surface area (TPSA) is 117 Å². The third-order valence-corrected chi connectivity index (χ3v) is 5.99. The van der Waals surface area contributed by atoms with Gasteiger partial charge in [0.05, 0.1) is 0 Å². The zero-order valence-corrected chi connectivity index (χ0v) is 19.6. The Hall–Kier alpha value is -4.11. The van der Waals surface area contributed by atoms with E-state index in [2.05, 4.69) is 22.5 Å². The van der Waals surface area contributed by atoms with Crippen molar-refractivity contribution in [3.8, 4) is 0 Å². The third kappa shape index (κ3) is 5.52. The normalized spacial score (nSPS) is 17.7. The number of carbonyl (C=O) groups is 4. The Kier molecular flexibility index (Phi) is 6.88. The van der Waals surface area contributed by atoms with Crippen LogP contribution in [0.3, 0.4) is 0 Å². The Morgan fingerprint density at radius 1 is 1.20 bits per heavy atom. The molecule has 0 bridgehead atoms. The van der Waals surface area contributed by atoms with Crippen LogP contribution < -0.4 is 16.0 Å². The summed E-state index contributed by atoms with van der Waals surface area (Å²) in [7, 11) is 0. The predicted molar refractivity (Wildman–Crippen MR) is 130 cm³/mol. The Morgan fingerprint density at radius 3 is 2.74 bits per heavy atom. The van der Waals surface area contributed by atoms with Gasteiger partial charge < -0.3 is 15.4 Å². The molecule has 0 aromatic heterocycles. The first-order chi connectivity index (χ1) is 16.7. The van der Waals surface area contributed by atoms with Crippen LogP contribution in [0.4, 0.5) is 16.2 Å². The largest absolute Gasteiger partial charge is 0.444 e. The van der Waals surface area contributed by atoms with Crippen LogP contribution in [0.15, 0.2) is 66.5 Å². The zero-order valence-electron chi connectivity index (χ0n) is 18.9. The van der Waals surface area contributed by atoms with Gasteiger partial charge in [0.2, 0.25) is 5.91 Å². The molecule has 9 nitrogen and oxygen atoms in total. The number of allylic oxidation sites excluding steroid dienone is 1. The van der Waals surface area contributed by atoms with Crippen molar-refractivity contribution in [2.75, 3.05) is 10.6 Å². The SMILES string of the molecule is C=C1CCC(N2C(=O)C=C(Nc3cccc(COC(=O)Nc4ccc(C)c(Cl)c4)c3)C2=O)C(=O)N1. The lowest BCUT2D eigenvalue weighted by atomic mass is 10.0. The fourth-order valence-electron chi connectivity index (χ4n) is 3.75. The van der Waals surface area contributed by atoms with E-state index < -0.39 is 29.9 Å². The second-order valence-corrected chi connectivity index (χ2v) is 8.62. The van der Waals surface area contributed by atoms with Crippen molar-refractivity contribution in [2.24, 2.45) is 0 Å². The van der Waals surface area contributed by atoms with Gasteiger partial charge in [0, 0.05) is 28.2 Å². The molecule has 1 saturated heterocycles. The molecule has 2 aromatic rings. The van der Waals surface area contributed by atoms with E-state index in [1.54, 1.807) is 42.5 Å². The predicted octanol–water partition coefficient (Wildman–Crippen LogP) is 3.85. The third-order valence-electron chi connectivity index (χ3n) is 5.58. The van der Waals surface area contributed by atoms with Crippen LogP contribution in [-0.4, -0.2) is 34.8 Å². The summed E-state index contributed by atoms with van der Waals surface area (Å²) in [4.78, 5) is 50.6. The number of benzene rings is 2. The fraction of sp³-hybridized carbons (Fsp3) is 0.200. The van der Waals surface area contributed by atoms with E-state index in [0.29, 0.717) is 40.5 Å². The summed E-state index contributed by atoms with van der Waals surface area (Å²) in [5, 5.41) is 8.65. The highest BCUT2D eigenvalue weighted by Crippen LogP contribution is 2.25. The van der Waals surface area contributed by atoms with Gasteiger partial charge in [0.1, 0.15) is 18.3 Å². The molecular weight excluding hydrogens is 472 g/mol. The van der Waals surface area contributed by atoms with Crippen molar-refractivity contribution in [1.29, 1.82) is 0 Å². The number of aryl methyl sites for hydroxylation is 1. The highest BCUT2D eigenvalue weighted by atomic mass is 35.5. The van der Waals surface area contributed by atoms with E-state index in [-0.39, 0.29) is 12.3 Å². The minimum Gasteiger partial charge on any atom is -0.444 e. The first-order valence-corrected chi connectivity index (χ1v) is 11.2. The van der Waals surface area contributed by atoms with Crippen molar-refractivity contribution in [3.63, 3.8) is 0 Å². The molecule has 180 valence electrons. The van der Waals surface area contributed by atoms with Crippen molar-refractivity contribution in [1.82, 2.24) is 10.2 Å². The Balaban J connectivity index is 1.35. The number of rotatable bonds is 6. The van der Waals surface area contributed by atoms with Gasteiger partial charge in [-0.15, -0.1) is 0 Å². The molecule has 35 heavy (non-hydrogen) atoms. The summed E-state index contributed by atoms with van der Waals surface area (Å²) >= 11 is 6.07. The molecule has 2 aromatic carbocycles. The summed E-state index contributed by atoms with van der Waals surface area (Å²) in [6.45, 7) is 5.55. The quantitative estimate of drug-likeness (QED) is 0.525. The lowest BCUT2D eigenvalue weighted by Crippen LogP contribution is -2.52. The minimum absolute atomic E-state index is 0.0227. The van der Waals surface area contributed by atoms with E-state index in [9.17, 15) is 19.2 Å². The second kappa shape index (κ2) is 10.0. The van der Waals surface area contributed by atoms with Gasteiger partial charge in [-0.3, -0.25) is 24.6 Å². The summed E-state index contributed by atoms with van der Waals surface area (Å²) in [6, 6.07) is 11.1. The van der Waals surface area contributed by atoms with Crippen LogP contribution >= 0.6 is 11.6 Å². The lowest BCUT2D eigenvalue weighted by molar-refractivity contribution is -0.146.